The molecule has 0 spiro atoms. The minimum absolute atomic E-state index is 0.191. The van der Waals surface area contributed by atoms with E-state index in [2.05, 4.69) is 109 Å². The van der Waals surface area contributed by atoms with Crippen LogP contribution in [0.15, 0.2) is 73.3 Å². The van der Waals surface area contributed by atoms with Crippen molar-refractivity contribution in [3.8, 4) is 12.1 Å². The minimum atomic E-state index is -4.24. The number of likely N-dealkylation sites (tertiary alicyclic amines) is 2. The molecule has 6 N–H and O–H groups in total. The van der Waals surface area contributed by atoms with Gasteiger partial charge < -0.3 is 36.0 Å². The molecular weight excluding hydrogens is 1150 g/mol. The normalized spacial score (nSPS) is 15.0. The number of alkyl halides is 7. The van der Waals surface area contributed by atoms with Crippen LogP contribution >= 0.6 is 38.6 Å². The Balaban J connectivity index is 0.000000178. The second-order valence-corrected chi connectivity index (χ2v) is 23.6. The summed E-state index contributed by atoms with van der Waals surface area (Å²) < 4.78 is 83.7. The second-order valence-electron chi connectivity index (χ2n) is 20.6. The number of H-pyrrole nitrogens is 1. The third-order valence-corrected chi connectivity index (χ3v) is 15.7. The van der Waals surface area contributed by atoms with E-state index in [-0.39, 0.29) is 27.9 Å². The Hall–Kier alpha value is -6.61. The van der Waals surface area contributed by atoms with Crippen molar-refractivity contribution in [2.45, 2.75) is 109 Å². The number of alkyl carbamates (subject to hydrolysis) is 1. The van der Waals surface area contributed by atoms with Crippen molar-refractivity contribution in [1.82, 2.24) is 44.6 Å². The number of hydrogen-bond donors (Lipinski definition) is 5. The molecule has 10 rings (SSSR count). The van der Waals surface area contributed by atoms with E-state index in [1.54, 1.807) is 12.1 Å². The van der Waals surface area contributed by atoms with Crippen molar-refractivity contribution in [3.63, 3.8) is 0 Å². The third kappa shape index (κ3) is 16.7. The van der Waals surface area contributed by atoms with Crippen molar-refractivity contribution in [2.24, 2.45) is 5.73 Å². The number of carbonyl (C=O) groups excluding carboxylic acids is 1. The summed E-state index contributed by atoms with van der Waals surface area (Å²) in [5.41, 5.74) is 10.9. The topological polar surface area (TPSA) is 215 Å². The molecule has 424 valence electrons. The van der Waals surface area contributed by atoms with Crippen LogP contribution < -0.4 is 21.7 Å². The molecule has 1 amide bonds. The Morgan fingerprint density at radius 3 is 1.75 bits per heavy atom. The lowest BCUT2D eigenvalue weighted by molar-refractivity contribution is -0.127. The number of nitrogens with two attached hydrogens (primary N) is 1. The predicted octanol–water partition coefficient (Wildman–Crippen LogP) is 11.8. The SMILES string of the molecule is CC(C)(C)OC(=O)NCCBr.N#Cc1cc2cc(CN3CCC(Nc4ncnc5sc(CC(F)(F)F)cc45)CC3)ccc2[nH]1.N#Cc1cc2cc(CN3CCC(Nc4ncnc5sc(CC(F)(F)F)cc45)CC3)ccc2n1CCN. The number of benzene rings is 2. The van der Waals surface area contributed by atoms with Gasteiger partial charge in [-0.3, -0.25) is 9.80 Å². The van der Waals surface area contributed by atoms with E-state index < -0.39 is 30.8 Å². The van der Waals surface area contributed by atoms with Crippen molar-refractivity contribution < 1.29 is 35.9 Å². The lowest BCUT2D eigenvalue weighted by atomic mass is 10.0. The van der Waals surface area contributed by atoms with E-state index in [0.29, 0.717) is 63.1 Å². The molecule has 0 aliphatic carbocycles. The summed E-state index contributed by atoms with van der Waals surface area (Å²) in [6.45, 7) is 12.4. The number of rotatable bonds is 14. The highest BCUT2D eigenvalue weighted by atomic mass is 79.9. The first-order valence-corrected chi connectivity index (χ1v) is 28.7. The highest BCUT2D eigenvalue weighted by Crippen LogP contribution is 2.35. The highest BCUT2D eigenvalue weighted by Gasteiger charge is 2.31. The number of nitriles is 2. The number of thiophene rings is 2. The van der Waals surface area contributed by atoms with Gasteiger partial charge in [0.25, 0.3) is 0 Å². The molecule has 80 heavy (non-hydrogen) atoms. The Labute approximate surface area is 474 Å². The molecule has 0 saturated carbocycles. The summed E-state index contributed by atoms with van der Waals surface area (Å²) in [5, 5.41) is 32.1. The zero-order valence-corrected chi connectivity index (χ0v) is 47.5. The molecule has 2 aromatic carbocycles. The molecule has 2 aliphatic rings. The number of nitrogens with zero attached hydrogens (tertiary/aromatic N) is 9. The van der Waals surface area contributed by atoms with Gasteiger partial charge in [0.1, 0.15) is 63.1 Å². The maximum atomic E-state index is 12.8. The molecule has 2 fully saturated rings. The van der Waals surface area contributed by atoms with Gasteiger partial charge in [0.2, 0.25) is 0 Å². The molecule has 0 radical (unpaired) electrons. The van der Waals surface area contributed by atoms with Gasteiger partial charge in [0, 0.05) is 108 Å². The van der Waals surface area contributed by atoms with Gasteiger partial charge in [0.15, 0.2) is 0 Å². The van der Waals surface area contributed by atoms with Gasteiger partial charge in [-0.1, -0.05) is 28.1 Å². The first kappa shape index (κ1) is 59.5. The third-order valence-electron chi connectivity index (χ3n) is 13.2. The highest BCUT2D eigenvalue weighted by molar-refractivity contribution is 9.09. The van der Waals surface area contributed by atoms with Crippen molar-refractivity contribution >= 4 is 98.6 Å². The van der Waals surface area contributed by atoms with Gasteiger partial charge in [-0.2, -0.15) is 36.9 Å². The van der Waals surface area contributed by atoms with Crippen LogP contribution in [-0.4, -0.2) is 120 Å². The molecule has 16 nitrogen and oxygen atoms in total. The predicted molar refractivity (Wildman–Crippen MR) is 305 cm³/mol. The average molecular weight is 1210 g/mol. The van der Waals surface area contributed by atoms with Crippen LogP contribution in [0, 0.1) is 22.7 Å². The first-order valence-electron chi connectivity index (χ1n) is 26.0. The van der Waals surface area contributed by atoms with Crippen LogP contribution in [0.1, 0.15) is 78.7 Å². The van der Waals surface area contributed by atoms with E-state index in [1.807, 2.05) is 43.5 Å². The van der Waals surface area contributed by atoms with Crippen LogP contribution in [0.2, 0.25) is 0 Å². The molecule has 25 heteroatoms. The number of aromatic amines is 1. The van der Waals surface area contributed by atoms with Crippen molar-refractivity contribution in [1.29, 1.82) is 10.5 Å². The number of nitrogens with one attached hydrogen (secondary N) is 4. The van der Waals surface area contributed by atoms with Gasteiger partial charge in [-0.25, -0.2) is 24.7 Å². The largest absolute Gasteiger partial charge is 0.444 e. The summed E-state index contributed by atoms with van der Waals surface area (Å²) in [6.07, 6.45) is -4.30. The number of piperidine rings is 2. The molecule has 8 aromatic rings. The van der Waals surface area contributed by atoms with Gasteiger partial charge in [-0.05, 0) is 106 Å². The zero-order valence-electron chi connectivity index (χ0n) is 44.3. The van der Waals surface area contributed by atoms with Crippen LogP contribution in [0.3, 0.4) is 0 Å². The summed E-state index contributed by atoms with van der Waals surface area (Å²) >= 11 is 5.32. The smallest absolute Gasteiger partial charge is 0.407 e. The number of carbonyl (C=O) groups is 1. The fraction of sp³-hybridized carbons (Fsp3) is 0.436. The van der Waals surface area contributed by atoms with E-state index >= 15 is 0 Å². The number of hydrogen-bond acceptors (Lipinski definition) is 15. The van der Waals surface area contributed by atoms with Crippen molar-refractivity contribution in [3.05, 3.63) is 106 Å². The number of halogens is 7. The number of amides is 1. The molecule has 0 unspecified atom stereocenters. The minimum Gasteiger partial charge on any atom is -0.444 e. The Morgan fingerprint density at radius 1 is 0.750 bits per heavy atom. The van der Waals surface area contributed by atoms with Gasteiger partial charge in [-0.15, -0.1) is 22.7 Å². The summed E-state index contributed by atoms with van der Waals surface area (Å²) in [7, 11) is 0. The van der Waals surface area contributed by atoms with Gasteiger partial charge in [0.05, 0.1) is 23.6 Å². The Kier molecular flexibility index (Phi) is 19.6. The molecular formula is C55H61BrF6N14O2S2. The molecule has 2 aliphatic heterocycles. The maximum Gasteiger partial charge on any atom is 0.407 e. The number of ether oxygens (including phenoxy) is 1. The monoisotopic (exact) mass is 1210 g/mol. The molecule has 0 bridgehead atoms. The first-order chi connectivity index (χ1) is 38.1. The van der Waals surface area contributed by atoms with Gasteiger partial charge >= 0.3 is 18.4 Å². The Bertz CT molecular complexity index is 3470. The van der Waals surface area contributed by atoms with E-state index in [0.717, 1.165) is 115 Å². The average Bonchev–Trinajstić information content (AvgIpc) is 4.23. The molecule has 2 saturated heterocycles. The number of anilines is 2. The summed E-state index contributed by atoms with van der Waals surface area (Å²) in [6, 6.07) is 24.2. The van der Waals surface area contributed by atoms with E-state index in [9.17, 15) is 36.4 Å². The number of aromatic nitrogens is 6. The zero-order chi connectivity index (χ0) is 57.2. The molecule has 6 aromatic heterocycles. The number of fused-ring (bicyclic) bond motifs is 4. The second kappa shape index (κ2) is 26.3. The Morgan fingerprint density at radius 2 is 1.27 bits per heavy atom. The maximum absolute atomic E-state index is 12.8. The summed E-state index contributed by atoms with van der Waals surface area (Å²) in [4.78, 5) is 37.3. The fourth-order valence-corrected chi connectivity index (χ4v) is 11.9. The summed E-state index contributed by atoms with van der Waals surface area (Å²) in [5.74, 6) is 1.21. The molecule has 0 atom stereocenters. The lowest BCUT2D eigenvalue weighted by Crippen LogP contribution is -2.38. The quantitative estimate of drug-likeness (QED) is 0.0507. The van der Waals surface area contributed by atoms with E-state index in [1.165, 1.54) is 23.8 Å². The van der Waals surface area contributed by atoms with E-state index in [4.69, 9.17) is 15.7 Å². The van der Waals surface area contributed by atoms with Crippen LogP contribution in [0.25, 0.3) is 42.2 Å². The standard InChI is InChI=1S/C25H26F3N7S.C23H21F3N6S.C7H14BrNO2/c26-25(27,28)12-20-11-21-23(31-15-32-24(21)36-20)33-18-3-6-34(7-4-18)14-16-1-2-22-17(9-16)10-19(13-30)35(22)8-5-29;24-23(25,26)10-18-9-19-21(28-13-29-22(19)33-18)31-16-3-5-32(6-4-16)12-14-1-2-20-15(7-14)8-17(11-27)30-20;1-7(2,3)11-6(10)9-5-4-8/h1-2,9-11,15,18H,3-8,12,14,29H2,(H,31,32,33);1-2,7-9,13,16,30H,3-6,10,12H2,(H,28,29,31);4-5H2,1-3H3,(H,9,10). The van der Waals surface area contributed by atoms with Crippen LogP contribution in [-0.2, 0) is 37.2 Å². The van der Waals surface area contributed by atoms with Crippen LogP contribution in [0.5, 0.6) is 0 Å². The molecule has 8 heterocycles. The van der Waals surface area contributed by atoms with Crippen molar-refractivity contribution in [2.75, 3.05) is 55.2 Å². The van der Waals surface area contributed by atoms with Crippen LogP contribution in [0.4, 0.5) is 42.8 Å². The fourth-order valence-electron chi connectivity index (χ4n) is 9.67. The lowest BCUT2D eigenvalue weighted by Gasteiger charge is -2.32.